The lowest BCUT2D eigenvalue weighted by Crippen LogP contribution is -2.13. The van der Waals surface area contributed by atoms with Crippen LogP contribution >= 0.6 is 11.8 Å². The van der Waals surface area contributed by atoms with Crippen LogP contribution in [0.15, 0.2) is 48.5 Å². The Morgan fingerprint density at radius 1 is 1.10 bits per heavy atom. The molecular formula is C18H18O2S. The molecule has 1 N–H and O–H groups in total. The monoisotopic (exact) mass is 298 g/mol. The van der Waals surface area contributed by atoms with Gasteiger partial charge in [-0.25, -0.2) is 0 Å². The third kappa shape index (κ3) is 2.70. The highest BCUT2D eigenvalue weighted by molar-refractivity contribution is 7.99. The van der Waals surface area contributed by atoms with Crippen LogP contribution in [0, 0.1) is 5.92 Å². The largest absolute Gasteiger partial charge is 0.481 e. The van der Waals surface area contributed by atoms with E-state index in [4.69, 9.17) is 5.11 Å². The third-order valence-electron chi connectivity index (χ3n) is 4.04. The van der Waals surface area contributed by atoms with Gasteiger partial charge in [-0.15, -0.1) is 0 Å². The average Bonchev–Trinajstić information content (AvgIpc) is 2.82. The smallest absolute Gasteiger partial charge is 0.307 e. The summed E-state index contributed by atoms with van der Waals surface area (Å²) < 4.78 is 0. The third-order valence-corrected chi connectivity index (χ3v) is 5.34. The highest BCUT2D eigenvalue weighted by atomic mass is 32.2. The Labute approximate surface area is 129 Å². The highest BCUT2D eigenvalue weighted by Gasteiger charge is 2.27. The van der Waals surface area contributed by atoms with Crippen molar-refractivity contribution in [2.75, 3.05) is 11.5 Å². The molecule has 1 unspecified atom stereocenters. The molecule has 0 aliphatic heterocycles. The van der Waals surface area contributed by atoms with Crippen LogP contribution in [0.3, 0.4) is 0 Å². The molecule has 2 aromatic carbocycles. The number of thioether (sulfide) groups is 1. The van der Waals surface area contributed by atoms with E-state index in [0.717, 1.165) is 5.75 Å². The van der Waals surface area contributed by atoms with Crippen LogP contribution in [0.2, 0.25) is 0 Å². The van der Waals surface area contributed by atoms with E-state index in [0.29, 0.717) is 11.7 Å². The second-order valence-corrected chi connectivity index (χ2v) is 6.58. The molecule has 2 aromatic rings. The number of hydrogen-bond acceptors (Lipinski definition) is 2. The first-order chi connectivity index (χ1) is 10.2. The fourth-order valence-corrected chi connectivity index (χ4v) is 4.10. The van der Waals surface area contributed by atoms with Gasteiger partial charge in [0.2, 0.25) is 0 Å². The number of rotatable bonds is 5. The molecule has 0 saturated carbocycles. The van der Waals surface area contributed by atoms with E-state index in [9.17, 15) is 4.79 Å². The van der Waals surface area contributed by atoms with Crippen molar-refractivity contribution in [3.05, 3.63) is 59.7 Å². The summed E-state index contributed by atoms with van der Waals surface area (Å²) in [5, 5.41) is 8.98. The van der Waals surface area contributed by atoms with Crippen molar-refractivity contribution in [2.45, 2.75) is 12.8 Å². The van der Waals surface area contributed by atoms with Gasteiger partial charge in [0.15, 0.2) is 0 Å². The minimum absolute atomic E-state index is 0.290. The highest BCUT2D eigenvalue weighted by Crippen LogP contribution is 2.45. The van der Waals surface area contributed by atoms with Gasteiger partial charge in [-0.2, -0.15) is 11.8 Å². The van der Waals surface area contributed by atoms with Gasteiger partial charge in [0.05, 0.1) is 5.92 Å². The topological polar surface area (TPSA) is 37.3 Å². The SMILES string of the molecule is CC(CSCC1c2ccccc2-c2ccccc21)C(=O)O. The van der Waals surface area contributed by atoms with Crippen LogP contribution in [-0.2, 0) is 4.79 Å². The maximum Gasteiger partial charge on any atom is 0.307 e. The van der Waals surface area contributed by atoms with Crippen LogP contribution in [0.4, 0.5) is 0 Å². The summed E-state index contributed by atoms with van der Waals surface area (Å²) >= 11 is 1.73. The Kier molecular flexibility index (Phi) is 4.02. The fraction of sp³-hybridized carbons (Fsp3) is 0.278. The number of carboxylic acids is 1. The lowest BCUT2D eigenvalue weighted by molar-refractivity contribution is -0.140. The molecule has 0 heterocycles. The second kappa shape index (κ2) is 5.94. The van der Waals surface area contributed by atoms with Crippen molar-refractivity contribution in [3.63, 3.8) is 0 Å². The number of carbonyl (C=O) groups is 1. The lowest BCUT2D eigenvalue weighted by Gasteiger charge is -2.14. The number of aliphatic carboxylic acids is 1. The van der Waals surface area contributed by atoms with Gasteiger partial charge < -0.3 is 5.11 Å². The number of fused-ring (bicyclic) bond motifs is 3. The van der Waals surface area contributed by atoms with Crippen LogP contribution in [0.25, 0.3) is 11.1 Å². The van der Waals surface area contributed by atoms with Gasteiger partial charge in [0, 0.05) is 17.4 Å². The van der Waals surface area contributed by atoms with Gasteiger partial charge in [-0.3, -0.25) is 4.79 Å². The van der Waals surface area contributed by atoms with E-state index in [1.54, 1.807) is 18.7 Å². The Morgan fingerprint density at radius 3 is 2.14 bits per heavy atom. The summed E-state index contributed by atoms with van der Waals surface area (Å²) in [6.45, 7) is 1.77. The fourth-order valence-electron chi connectivity index (χ4n) is 2.87. The molecule has 3 heteroatoms. The Morgan fingerprint density at radius 2 is 1.62 bits per heavy atom. The quantitative estimate of drug-likeness (QED) is 0.896. The van der Waals surface area contributed by atoms with Crippen LogP contribution in [0.1, 0.15) is 24.0 Å². The zero-order chi connectivity index (χ0) is 14.8. The average molecular weight is 298 g/mol. The standard InChI is InChI=1S/C18H18O2S/c1-12(18(19)20)10-21-11-17-15-8-4-2-6-13(15)14-7-3-5-9-16(14)17/h2-9,12,17H,10-11H2,1H3,(H,19,20). The molecule has 1 aliphatic rings. The number of benzene rings is 2. The second-order valence-electron chi connectivity index (χ2n) is 5.50. The Hall–Kier alpha value is -1.74. The first-order valence-corrected chi connectivity index (χ1v) is 8.32. The summed E-state index contributed by atoms with van der Waals surface area (Å²) in [5.41, 5.74) is 5.39. The molecule has 3 rings (SSSR count). The summed E-state index contributed by atoms with van der Waals surface area (Å²) in [4.78, 5) is 10.9. The molecule has 0 aromatic heterocycles. The zero-order valence-electron chi connectivity index (χ0n) is 12.0. The molecule has 1 aliphatic carbocycles. The summed E-state index contributed by atoms with van der Waals surface area (Å²) in [6, 6.07) is 17.1. The normalized spacial score (nSPS) is 14.5. The summed E-state index contributed by atoms with van der Waals surface area (Å²) in [5.74, 6) is 0.974. The lowest BCUT2D eigenvalue weighted by atomic mass is 9.99. The van der Waals surface area contributed by atoms with Crippen LogP contribution < -0.4 is 0 Å². The van der Waals surface area contributed by atoms with Gasteiger partial charge in [0.25, 0.3) is 0 Å². The van der Waals surface area contributed by atoms with Crippen molar-refractivity contribution in [3.8, 4) is 11.1 Å². The van der Waals surface area contributed by atoms with E-state index in [2.05, 4.69) is 48.5 Å². The predicted octanol–water partition coefficient (Wildman–Crippen LogP) is 4.25. The van der Waals surface area contributed by atoms with E-state index >= 15 is 0 Å². The molecule has 0 spiro atoms. The minimum atomic E-state index is -0.713. The van der Waals surface area contributed by atoms with Crippen molar-refractivity contribution >= 4 is 17.7 Å². The summed E-state index contributed by atoms with van der Waals surface area (Å²) in [7, 11) is 0. The first kappa shape index (κ1) is 14.2. The number of carboxylic acid groups (broad SMARTS) is 1. The Bertz CT molecular complexity index is 620. The molecule has 0 saturated heterocycles. The zero-order valence-corrected chi connectivity index (χ0v) is 12.8. The number of hydrogen-bond donors (Lipinski definition) is 1. The van der Waals surface area contributed by atoms with Gasteiger partial charge >= 0.3 is 5.97 Å². The van der Waals surface area contributed by atoms with Crippen molar-refractivity contribution in [1.29, 1.82) is 0 Å². The molecule has 0 bridgehead atoms. The molecule has 2 nitrogen and oxygen atoms in total. The molecule has 108 valence electrons. The van der Waals surface area contributed by atoms with Crippen LogP contribution in [0.5, 0.6) is 0 Å². The van der Waals surface area contributed by atoms with E-state index in [-0.39, 0.29) is 5.92 Å². The first-order valence-electron chi connectivity index (χ1n) is 7.17. The van der Waals surface area contributed by atoms with E-state index < -0.39 is 5.97 Å². The molecule has 0 radical (unpaired) electrons. The summed E-state index contributed by atoms with van der Waals surface area (Å²) in [6.07, 6.45) is 0. The minimum Gasteiger partial charge on any atom is -0.481 e. The Balaban J connectivity index is 1.81. The van der Waals surface area contributed by atoms with Crippen molar-refractivity contribution in [1.82, 2.24) is 0 Å². The predicted molar refractivity (Wildman–Crippen MR) is 87.8 cm³/mol. The molecule has 0 fully saturated rings. The molecular weight excluding hydrogens is 280 g/mol. The maximum absolute atomic E-state index is 10.9. The van der Waals surface area contributed by atoms with Gasteiger partial charge in [0.1, 0.15) is 0 Å². The molecule has 21 heavy (non-hydrogen) atoms. The maximum atomic E-state index is 10.9. The van der Waals surface area contributed by atoms with E-state index in [1.165, 1.54) is 22.3 Å². The van der Waals surface area contributed by atoms with Crippen molar-refractivity contribution < 1.29 is 9.90 Å². The van der Waals surface area contributed by atoms with Crippen LogP contribution in [-0.4, -0.2) is 22.6 Å². The van der Waals surface area contributed by atoms with Gasteiger partial charge in [-0.1, -0.05) is 55.5 Å². The van der Waals surface area contributed by atoms with E-state index in [1.807, 2.05) is 0 Å². The molecule has 1 atom stereocenters. The molecule has 0 amide bonds. The van der Waals surface area contributed by atoms with Crippen molar-refractivity contribution in [2.24, 2.45) is 5.92 Å². The van der Waals surface area contributed by atoms with Gasteiger partial charge in [-0.05, 0) is 22.3 Å².